The van der Waals surface area contributed by atoms with Crippen LogP contribution in [0, 0.1) is 20.8 Å². The molecule has 39 heavy (non-hydrogen) atoms. The molecule has 1 heterocycles. The van der Waals surface area contributed by atoms with Gasteiger partial charge in [-0.25, -0.2) is 8.42 Å². The molecule has 0 bridgehead atoms. The van der Waals surface area contributed by atoms with E-state index < -0.39 is 15.6 Å². The zero-order valence-corrected chi connectivity index (χ0v) is 24.2. The van der Waals surface area contributed by atoms with E-state index in [1.165, 1.54) is 4.31 Å². The molecule has 0 saturated carbocycles. The molecule has 0 aliphatic carbocycles. The number of amides is 2. The zero-order valence-electron chi connectivity index (χ0n) is 23.4. The first-order valence-electron chi connectivity index (χ1n) is 13.2. The minimum absolute atomic E-state index is 0.0695. The van der Waals surface area contributed by atoms with Gasteiger partial charge in [0.2, 0.25) is 22.3 Å². The van der Waals surface area contributed by atoms with Gasteiger partial charge in [-0.1, -0.05) is 91.7 Å². The fraction of sp³-hybridized carbons (Fsp3) is 0.355. The van der Waals surface area contributed by atoms with Crippen molar-refractivity contribution in [2.75, 3.05) is 13.1 Å². The molecule has 1 fully saturated rings. The molecule has 3 aromatic rings. The second-order valence-electron chi connectivity index (χ2n) is 10.4. The first-order valence-corrected chi connectivity index (χ1v) is 14.6. The van der Waals surface area contributed by atoms with Crippen molar-refractivity contribution in [1.82, 2.24) is 14.9 Å². The maximum absolute atomic E-state index is 13.1. The summed E-state index contributed by atoms with van der Waals surface area (Å²) in [6.07, 6.45) is 2.37. The second-order valence-corrected chi connectivity index (χ2v) is 12.3. The lowest BCUT2D eigenvalue weighted by Gasteiger charge is -2.40. The Hall–Kier alpha value is -3.49. The molecule has 1 aliphatic rings. The summed E-state index contributed by atoms with van der Waals surface area (Å²) in [7, 11) is -3.69. The van der Waals surface area contributed by atoms with E-state index in [4.69, 9.17) is 0 Å². The average molecular weight is 550 g/mol. The molecule has 7 nitrogen and oxygen atoms in total. The molecular weight excluding hydrogens is 510 g/mol. The van der Waals surface area contributed by atoms with Gasteiger partial charge in [0, 0.05) is 6.54 Å². The molecule has 1 aliphatic heterocycles. The number of carbonyl (C=O) groups is 2. The minimum atomic E-state index is -3.69. The Morgan fingerprint density at radius 2 is 1.49 bits per heavy atom. The van der Waals surface area contributed by atoms with Gasteiger partial charge in [0.15, 0.2) is 0 Å². The monoisotopic (exact) mass is 549 g/mol. The lowest BCUT2D eigenvalue weighted by Crippen LogP contribution is -2.62. The topological polar surface area (TPSA) is 95.6 Å². The van der Waals surface area contributed by atoms with E-state index in [2.05, 4.69) is 10.6 Å². The van der Waals surface area contributed by atoms with Crippen LogP contribution in [0.3, 0.4) is 0 Å². The third-order valence-electron chi connectivity index (χ3n) is 6.79. The number of sulfonamides is 1. The molecule has 2 amide bonds. The van der Waals surface area contributed by atoms with Crippen LogP contribution in [0.25, 0.3) is 0 Å². The lowest BCUT2D eigenvalue weighted by molar-refractivity contribution is -0.125. The molecule has 208 valence electrons. The summed E-state index contributed by atoms with van der Waals surface area (Å²) in [4.78, 5) is 23.0. The van der Waals surface area contributed by atoms with E-state index >= 15 is 0 Å². The Morgan fingerprint density at radius 1 is 0.974 bits per heavy atom. The summed E-state index contributed by atoms with van der Waals surface area (Å²) < 4.78 is 27.6. The maximum Gasteiger partial charge on any atom is 0.244 e. The Kier molecular flexibility index (Phi) is 10.1. The van der Waals surface area contributed by atoms with Crippen LogP contribution in [-0.2, 0) is 19.6 Å². The number of hydrogen-bond acceptors (Lipinski definition) is 4. The number of rotatable bonds is 8. The first-order chi connectivity index (χ1) is 18.5. The molecule has 0 aromatic heterocycles. The summed E-state index contributed by atoms with van der Waals surface area (Å²) in [5, 5.41) is 5.78. The van der Waals surface area contributed by atoms with Crippen molar-refractivity contribution in [3.63, 3.8) is 0 Å². The van der Waals surface area contributed by atoms with Crippen molar-refractivity contribution in [3.05, 3.63) is 101 Å². The maximum atomic E-state index is 13.1. The average Bonchev–Trinajstić information content (AvgIpc) is 2.87. The Balaban J connectivity index is 0.000000230. The van der Waals surface area contributed by atoms with Crippen LogP contribution in [-0.4, -0.2) is 43.7 Å². The van der Waals surface area contributed by atoms with Crippen molar-refractivity contribution < 1.29 is 18.0 Å². The number of nitrogens with zero attached hydrogens (tertiary/aromatic N) is 1. The van der Waals surface area contributed by atoms with E-state index in [1.54, 1.807) is 0 Å². The van der Waals surface area contributed by atoms with E-state index in [-0.39, 0.29) is 18.5 Å². The van der Waals surface area contributed by atoms with Gasteiger partial charge in [-0.2, -0.15) is 4.31 Å². The highest BCUT2D eigenvalue weighted by Crippen LogP contribution is 2.29. The fourth-order valence-electron chi connectivity index (χ4n) is 5.33. The molecule has 3 aromatic carbocycles. The standard InChI is InChI=1S/C17H26N2O3S.C14H13NO/c1-6-7-17(5)11-19(10-15(20)18-17)23(21,22)16-13(3)8-12(2)9-14(16)4;16-11-15-14(12-7-3-1-4-8-12)13-9-5-2-6-10-13/h8-9H,6-7,10-11H2,1-5H3,(H,18,20);1-11,14H,(H,15,16). The smallest absolute Gasteiger partial charge is 0.244 e. The van der Waals surface area contributed by atoms with Crippen LogP contribution >= 0.6 is 0 Å². The third-order valence-corrected chi connectivity index (χ3v) is 8.89. The third kappa shape index (κ3) is 7.55. The fourth-order valence-corrected chi connectivity index (χ4v) is 7.26. The van der Waals surface area contributed by atoms with Crippen molar-refractivity contribution in [2.24, 2.45) is 0 Å². The number of hydrogen-bond donors (Lipinski definition) is 2. The number of piperazine rings is 1. The van der Waals surface area contributed by atoms with Gasteiger partial charge in [0.25, 0.3) is 0 Å². The van der Waals surface area contributed by atoms with Crippen LogP contribution in [0.1, 0.15) is 60.5 Å². The quantitative estimate of drug-likeness (QED) is 0.394. The Morgan fingerprint density at radius 3 is 1.95 bits per heavy atom. The van der Waals surface area contributed by atoms with Crippen molar-refractivity contribution >= 4 is 22.3 Å². The molecular formula is C31H39N3O4S. The highest BCUT2D eigenvalue weighted by Gasteiger charge is 2.40. The zero-order chi connectivity index (χ0) is 28.6. The van der Waals surface area contributed by atoms with Gasteiger partial charge in [-0.3, -0.25) is 9.59 Å². The van der Waals surface area contributed by atoms with Crippen LogP contribution < -0.4 is 10.6 Å². The highest BCUT2D eigenvalue weighted by molar-refractivity contribution is 7.89. The summed E-state index contributed by atoms with van der Waals surface area (Å²) in [5.41, 5.74) is 4.15. The molecule has 0 spiro atoms. The van der Waals surface area contributed by atoms with Crippen molar-refractivity contribution in [3.8, 4) is 0 Å². The van der Waals surface area contributed by atoms with Crippen molar-refractivity contribution in [1.29, 1.82) is 0 Å². The van der Waals surface area contributed by atoms with Gasteiger partial charge in [-0.15, -0.1) is 0 Å². The van der Waals surface area contributed by atoms with E-state index in [0.717, 1.165) is 47.1 Å². The van der Waals surface area contributed by atoms with Gasteiger partial charge in [0.1, 0.15) is 0 Å². The number of carbonyl (C=O) groups excluding carboxylic acids is 2. The van der Waals surface area contributed by atoms with Crippen molar-refractivity contribution in [2.45, 2.75) is 63.9 Å². The molecule has 4 rings (SSSR count). The predicted octanol–water partition coefficient (Wildman–Crippen LogP) is 4.81. The highest BCUT2D eigenvalue weighted by atomic mass is 32.2. The molecule has 1 unspecified atom stereocenters. The van der Waals surface area contributed by atoms with Crippen LogP contribution in [0.15, 0.2) is 77.7 Å². The molecule has 0 radical (unpaired) electrons. The minimum Gasteiger partial charge on any atom is -0.348 e. The van der Waals surface area contributed by atoms with Gasteiger partial charge < -0.3 is 10.6 Å². The Bertz CT molecular complexity index is 1310. The van der Waals surface area contributed by atoms with Crippen LogP contribution in [0.5, 0.6) is 0 Å². The SMILES string of the molecule is CCCC1(C)CN(S(=O)(=O)c2c(C)cc(C)cc2C)CC(=O)N1.O=CNC(c1ccccc1)c1ccccc1. The van der Waals surface area contributed by atoms with E-state index in [1.807, 2.05) is 107 Å². The van der Waals surface area contributed by atoms with E-state index in [9.17, 15) is 18.0 Å². The molecule has 1 saturated heterocycles. The number of aryl methyl sites for hydroxylation is 3. The summed E-state index contributed by atoms with van der Waals surface area (Å²) in [6, 6.07) is 23.5. The van der Waals surface area contributed by atoms with Gasteiger partial charge in [0.05, 0.1) is 23.0 Å². The number of benzene rings is 3. The molecule has 1 atom stereocenters. The van der Waals surface area contributed by atoms with Crippen LogP contribution in [0.4, 0.5) is 0 Å². The van der Waals surface area contributed by atoms with Gasteiger partial charge in [-0.05, 0) is 56.4 Å². The van der Waals surface area contributed by atoms with Gasteiger partial charge >= 0.3 is 0 Å². The first kappa shape index (κ1) is 30.1. The lowest BCUT2D eigenvalue weighted by atomic mass is 9.94. The number of nitrogens with one attached hydrogen (secondary N) is 2. The normalized spacial score (nSPS) is 17.6. The molecule has 8 heteroatoms. The summed E-state index contributed by atoms with van der Waals surface area (Å²) in [6.45, 7) is 9.69. The molecule has 2 N–H and O–H groups in total. The largest absolute Gasteiger partial charge is 0.348 e. The second kappa shape index (κ2) is 13.0. The summed E-state index contributed by atoms with van der Waals surface area (Å²) >= 11 is 0. The van der Waals surface area contributed by atoms with Crippen LogP contribution in [0.2, 0.25) is 0 Å². The predicted molar refractivity (Wildman–Crippen MR) is 155 cm³/mol. The Labute approximate surface area is 232 Å². The summed E-state index contributed by atoms with van der Waals surface area (Å²) in [5.74, 6) is -0.238. The van der Waals surface area contributed by atoms with E-state index in [0.29, 0.717) is 11.4 Å².